The van der Waals surface area contributed by atoms with Gasteiger partial charge in [-0.3, -0.25) is 4.90 Å². The molecule has 218 valence electrons. The maximum atomic E-state index is 10.7. The second kappa shape index (κ2) is 10.4. The number of nitrogens with one attached hydrogen (secondary N) is 1. The average Bonchev–Trinajstić information content (AvgIpc) is 3.65. The molecular formula is C34H38BrN5O2. The average molecular weight is 629 g/mol. The summed E-state index contributed by atoms with van der Waals surface area (Å²) in [5, 5.41) is 27.0. The predicted molar refractivity (Wildman–Crippen MR) is 167 cm³/mol. The van der Waals surface area contributed by atoms with Gasteiger partial charge in [-0.1, -0.05) is 28.1 Å². The van der Waals surface area contributed by atoms with Crippen LogP contribution in [0.25, 0.3) is 10.8 Å². The van der Waals surface area contributed by atoms with Crippen molar-refractivity contribution in [1.29, 1.82) is 5.26 Å². The van der Waals surface area contributed by atoms with Gasteiger partial charge in [0.1, 0.15) is 24.0 Å². The number of pyridine rings is 1. The molecule has 0 spiro atoms. The number of nitrogens with zero attached hydrogens (tertiary/aromatic N) is 4. The third kappa shape index (κ3) is 4.23. The summed E-state index contributed by atoms with van der Waals surface area (Å²) in [4.78, 5) is 10.2. The van der Waals surface area contributed by atoms with Crippen LogP contribution in [0.1, 0.15) is 66.8 Å². The van der Waals surface area contributed by atoms with Crippen LogP contribution in [0.3, 0.4) is 0 Å². The molecule has 8 heteroatoms. The van der Waals surface area contributed by atoms with Crippen LogP contribution < -0.4 is 15.0 Å². The van der Waals surface area contributed by atoms with Crippen molar-refractivity contribution in [1.82, 2.24) is 15.2 Å². The van der Waals surface area contributed by atoms with E-state index in [4.69, 9.17) is 9.72 Å². The fourth-order valence-electron chi connectivity index (χ4n) is 9.13. The Bertz CT molecular complexity index is 1580. The van der Waals surface area contributed by atoms with Crippen molar-refractivity contribution in [2.45, 2.75) is 62.9 Å². The number of phenolic OH excluding ortho intramolecular Hbond substituents is 1. The minimum atomic E-state index is 0.0943. The minimum absolute atomic E-state index is 0.0943. The van der Waals surface area contributed by atoms with Crippen molar-refractivity contribution < 1.29 is 9.84 Å². The Kier molecular flexibility index (Phi) is 6.62. The number of nitriles is 1. The summed E-state index contributed by atoms with van der Waals surface area (Å²) in [6.07, 6.45) is 8.08. The fourth-order valence-corrected chi connectivity index (χ4v) is 9.71. The molecule has 3 aromatic rings. The summed E-state index contributed by atoms with van der Waals surface area (Å²) in [5.74, 6) is 2.39. The Balaban J connectivity index is 1.23. The predicted octanol–water partition coefficient (Wildman–Crippen LogP) is 5.86. The molecule has 4 fully saturated rings. The van der Waals surface area contributed by atoms with Gasteiger partial charge in [-0.25, -0.2) is 4.98 Å². The van der Waals surface area contributed by atoms with E-state index < -0.39 is 0 Å². The molecule has 1 aliphatic carbocycles. The Labute approximate surface area is 256 Å². The summed E-state index contributed by atoms with van der Waals surface area (Å²) in [6.45, 7) is 6.41. The molecular weight excluding hydrogens is 590 g/mol. The second-order valence-corrected chi connectivity index (χ2v) is 14.1. The third-order valence-electron chi connectivity index (χ3n) is 11.1. The van der Waals surface area contributed by atoms with Gasteiger partial charge in [0.2, 0.25) is 5.88 Å². The van der Waals surface area contributed by atoms with Crippen molar-refractivity contribution in [3.63, 3.8) is 0 Å². The summed E-state index contributed by atoms with van der Waals surface area (Å²) in [7, 11) is 0. The first-order valence-electron chi connectivity index (χ1n) is 15.8. The topological polar surface area (TPSA) is 84.7 Å². The number of phenols is 1. The van der Waals surface area contributed by atoms with Gasteiger partial charge in [-0.15, -0.1) is 0 Å². The van der Waals surface area contributed by atoms with Crippen molar-refractivity contribution >= 4 is 32.4 Å². The van der Waals surface area contributed by atoms with Crippen LogP contribution in [0.15, 0.2) is 34.8 Å². The van der Waals surface area contributed by atoms with E-state index in [9.17, 15) is 10.4 Å². The number of benzene rings is 2. The lowest BCUT2D eigenvalue weighted by Crippen LogP contribution is -2.43. The molecule has 1 aromatic heterocycles. The van der Waals surface area contributed by atoms with Gasteiger partial charge in [0.25, 0.3) is 0 Å². The maximum absolute atomic E-state index is 10.7. The lowest BCUT2D eigenvalue weighted by atomic mass is 9.79. The SMILES string of the molecule is N#Cc1c(OCC23CCCN2CCC3)nc(C2[C@@H]3CC[C@H]2CNC3)c2c1CN(c1cc(O)cc3cccc(Br)c13)CC2. The quantitative estimate of drug-likeness (QED) is 0.367. The van der Waals surface area contributed by atoms with E-state index in [1.807, 2.05) is 24.3 Å². The Morgan fingerprint density at radius 3 is 2.64 bits per heavy atom. The highest BCUT2D eigenvalue weighted by molar-refractivity contribution is 9.10. The van der Waals surface area contributed by atoms with Crippen molar-refractivity contribution in [3.8, 4) is 17.7 Å². The summed E-state index contributed by atoms with van der Waals surface area (Å²) in [5.41, 5.74) is 5.21. The highest BCUT2D eigenvalue weighted by Gasteiger charge is 2.46. The smallest absolute Gasteiger partial charge is 0.232 e. The number of halogens is 1. The Morgan fingerprint density at radius 1 is 1.10 bits per heavy atom. The van der Waals surface area contributed by atoms with Crippen LogP contribution in [0, 0.1) is 23.2 Å². The molecule has 0 amide bonds. The zero-order chi connectivity index (χ0) is 28.4. The molecule has 8 rings (SSSR count). The van der Waals surface area contributed by atoms with E-state index in [0.717, 1.165) is 65.6 Å². The minimum Gasteiger partial charge on any atom is -0.508 e. The van der Waals surface area contributed by atoms with E-state index in [1.54, 1.807) is 0 Å². The molecule has 2 bridgehead atoms. The van der Waals surface area contributed by atoms with E-state index in [-0.39, 0.29) is 11.3 Å². The fraction of sp³-hybridized carbons (Fsp3) is 0.529. The van der Waals surface area contributed by atoms with Crippen molar-refractivity contribution in [2.24, 2.45) is 11.8 Å². The third-order valence-corrected chi connectivity index (χ3v) is 11.7. The number of aromatic hydroxyl groups is 1. The van der Waals surface area contributed by atoms with Crippen LogP contribution in [0.5, 0.6) is 11.6 Å². The van der Waals surface area contributed by atoms with Gasteiger partial charge in [0, 0.05) is 40.6 Å². The van der Waals surface area contributed by atoms with Crippen LogP contribution >= 0.6 is 15.9 Å². The Hall–Kier alpha value is -2.86. The number of ether oxygens (including phenoxy) is 1. The van der Waals surface area contributed by atoms with E-state index in [2.05, 4.69) is 43.2 Å². The molecule has 5 heterocycles. The normalized spacial score (nSPS) is 26.3. The maximum Gasteiger partial charge on any atom is 0.232 e. The van der Waals surface area contributed by atoms with E-state index in [1.165, 1.54) is 49.8 Å². The molecule has 4 aliphatic heterocycles. The zero-order valence-electron chi connectivity index (χ0n) is 24.0. The standard InChI is InChI=1S/C34H38BrN5O2/c35-28-5-1-4-21-14-24(41)15-29(31(21)28)39-13-8-25-27(19-39)26(16-36)33(42-20-34-9-2-11-40(34)12-3-10-34)38-32(25)30-22-6-7-23(30)18-37-17-22/h1,4-5,14-15,22-23,30,37,41H,2-3,6-13,17-20H2/t22-,23+,30?. The number of fused-ring (bicyclic) bond motifs is 5. The molecule has 0 radical (unpaired) electrons. The Morgan fingerprint density at radius 2 is 1.88 bits per heavy atom. The lowest BCUT2D eigenvalue weighted by molar-refractivity contribution is 0.110. The highest BCUT2D eigenvalue weighted by Crippen LogP contribution is 2.49. The molecule has 2 aromatic carbocycles. The number of aromatic nitrogens is 1. The molecule has 42 heavy (non-hydrogen) atoms. The zero-order valence-corrected chi connectivity index (χ0v) is 25.6. The molecule has 5 aliphatic rings. The van der Waals surface area contributed by atoms with E-state index >= 15 is 0 Å². The van der Waals surface area contributed by atoms with Gasteiger partial charge in [-0.2, -0.15) is 5.26 Å². The van der Waals surface area contributed by atoms with Gasteiger partial charge >= 0.3 is 0 Å². The van der Waals surface area contributed by atoms with Gasteiger partial charge in [0.05, 0.1) is 11.2 Å². The molecule has 2 N–H and O–H groups in total. The number of anilines is 1. The molecule has 1 unspecified atom stereocenters. The lowest BCUT2D eigenvalue weighted by Gasteiger charge is -2.37. The van der Waals surface area contributed by atoms with Gasteiger partial charge in [0.15, 0.2) is 0 Å². The molecule has 3 atom stereocenters. The molecule has 7 nitrogen and oxygen atoms in total. The van der Waals surface area contributed by atoms with Crippen molar-refractivity contribution in [3.05, 3.63) is 57.2 Å². The molecule has 3 saturated heterocycles. The van der Waals surface area contributed by atoms with Crippen LogP contribution in [0.2, 0.25) is 0 Å². The van der Waals surface area contributed by atoms with Crippen LogP contribution in [-0.4, -0.2) is 59.9 Å². The number of hydrogen-bond acceptors (Lipinski definition) is 7. The van der Waals surface area contributed by atoms with Crippen LogP contribution in [-0.2, 0) is 13.0 Å². The van der Waals surface area contributed by atoms with E-state index in [0.29, 0.717) is 42.3 Å². The number of rotatable bonds is 5. The van der Waals surface area contributed by atoms with Gasteiger partial charge in [-0.05, 0) is 112 Å². The highest BCUT2D eigenvalue weighted by atomic mass is 79.9. The first kappa shape index (κ1) is 26.7. The second-order valence-electron chi connectivity index (χ2n) is 13.2. The summed E-state index contributed by atoms with van der Waals surface area (Å²) < 4.78 is 7.70. The largest absolute Gasteiger partial charge is 0.508 e. The number of piperidine rings is 1. The summed E-state index contributed by atoms with van der Waals surface area (Å²) in [6, 6.07) is 12.3. The molecule has 1 saturated carbocycles. The first-order valence-corrected chi connectivity index (χ1v) is 16.5. The summed E-state index contributed by atoms with van der Waals surface area (Å²) >= 11 is 3.77. The number of hydrogen-bond donors (Lipinski definition) is 2. The first-order chi connectivity index (χ1) is 20.5. The van der Waals surface area contributed by atoms with Crippen LogP contribution in [0.4, 0.5) is 5.69 Å². The van der Waals surface area contributed by atoms with Gasteiger partial charge < -0.3 is 20.1 Å². The monoisotopic (exact) mass is 627 g/mol. The van der Waals surface area contributed by atoms with Crippen molar-refractivity contribution in [2.75, 3.05) is 44.2 Å².